The van der Waals surface area contributed by atoms with E-state index in [-0.39, 0.29) is 18.3 Å². The molecule has 2 saturated heterocycles. The fourth-order valence-corrected chi connectivity index (χ4v) is 2.66. The van der Waals surface area contributed by atoms with Gasteiger partial charge in [0.15, 0.2) is 0 Å². The highest BCUT2D eigenvalue weighted by Crippen LogP contribution is 2.35. The second-order valence-corrected chi connectivity index (χ2v) is 6.17. The lowest BCUT2D eigenvalue weighted by Gasteiger charge is -2.23. The third-order valence-electron chi connectivity index (χ3n) is 4.17. The predicted octanol–water partition coefficient (Wildman–Crippen LogP) is 4.14. The molecule has 0 amide bonds. The van der Waals surface area contributed by atoms with Crippen LogP contribution < -0.4 is 0 Å². The van der Waals surface area contributed by atoms with E-state index in [9.17, 15) is 0 Å². The highest BCUT2D eigenvalue weighted by atomic mass is 16.6. The van der Waals surface area contributed by atoms with Crippen LogP contribution in [0.1, 0.15) is 51.7 Å². The third kappa shape index (κ3) is 6.89. The van der Waals surface area contributed by atoms with Gasteiger partial charge in [0.1, 0.15) is 18.3 Å². The molecule has 3 rings (SSSR count). The molecule has 0 spiro atoms. The molecule has 4 nitrogen and oxygen atoms in total. The fourth-order valence-electron chi connectivity index (χ4n) is 2.66. The van der Waals surface area contributed by atoms with Crippen molar-refractivity contribution in [3.05, 3.63) is 35.9 Å². The largest absolute Gasteiger partial charge is 0.382 e. The second kappa shape index (κ2) is 10.8. The van der Waals surface area contributed by atoms with Crippen LogP contribution >= 0.6 is 0 Å². The van der Waals surface area contributed by atoms with Gasteiger partial charge in [-0.2, -0.15) is 0 Å². The SMILES string of the molecule is CCCCC(OC(c1ccccc1)C1CO1)C1CO1.CCOCC. The van der Waals surface area contributed by atoms with Gasteiger partial charge in [-0.3, -0.25) is 0 Å². The summed E-state index contributed by atoms with van der Waals surface area (Å²) < 4.78 is 22.1. The van der Waals surface area contributed by atoms with Gasteiger partial charge in [0.2, 0.25) is 0 Å². The van der Waals surface area contributed by atoms with Crippen molar-refractivity contribution >= 4 is 0 Å². The van der Waals surface area contributed by atoms with Crippen molar-refractivity contribution in [2.24, 2.45) is 0 Å². The summed E-state index contributed by atoms with van der Waals surface area (Å²) in [6.45, 7) is 9.54. The molecule has 4 unspecified atom stereocenters. The molecule has 4 heteroatoms. The molecule has 0 aromatic heterocycles. The Morgan fingerprint density at radius 2 is 1.62 bits per heavy atom. The predicted molar refractivity (Wildman–Crippen MR) is 95.2 cm³/mol. The quantitative estimate of drug-likeness (QED) is 0.602. The molecule has 0 aliphatic carbocycles. The summed E-state index contributed by atoms with van der Waals surface area (Å²) in [6.07, 6.45) is 4.28. The van der Waals surface area contributed by atoms with Gasteiger partial charge < -0.3 is 18.9 Å². The summed E-state index contributed by atoms with van der Waals surface area (Å²) in [5.41, 5.74) is 1.21. The van der Waals surface area contributed by atoms with E-state index in [0.29, 0.717) is 6.10 Å². The number of ether oxygens (including phenoxy) is 4. The summed E-state index contributed by atoms with van der Waals surface area (Å²) in [4.78, 5) is 0. The highest BCUT2D eigenvalue weighted by molar-refractivity contribution is 5.20. The minimum atomic E-state index is 0.0623. The smallest absolute Gasteiger partial charge is 0.111 e. The summed E-state index contributed by atoms with van der Waals surface area (Å²) in [6, 6.07) is 10.4. The molecule has 2 aliphatic heterocycles. The maximum atomic E-state index is 6.34. The Hall–Kier alpha value is -0.940. The number of epoxide rings is 2. The molecular formula is C20H32O4. The molecule has 2 aliphatic rings. The monoisotopic (exact) mass is 336 g/mol. The van der Waals surface area contributed by atoms with Crippen molar-refractivity contribution in [1.82, 2.24) is 0 Å². The lowest BCUT2D eigenvalue weighted by atomic mass is 10.0. The van der Waals surface area contributed by atoms with Crippen LogP contribution in [0.2, 0.25) is 0 Å². The van der Waals surface area contributed by atoms with Crippen LogP contribution in [0, 0.1) is 0 Å². The summed E-state index contributed by atoms with van der Waals surface area (Å²) >= 11 is 0. The van der Waals surface area contributed by atoms with Gasteiger partial charge in [-0.15, -0.1) is 0 Å². The van der Waals surface area contributed by atoms with E-state index < -0.39 is 0 Å². The van der Waals surface area contributed by atoms with Crippen molar-refractivity contribution in [1.29, 1.82) is 0 Å². The Kier molecular flexibility index (Phi) is 8.75. The first-order valence-corrected chi connectivity index (χ1v) is 9.31. The van der Waals surface area contributed by atoms with Crippen molar-refractivity contribution in [3.8, 4) is 0 Å². The number of benzene rings is 1. The molecule has 2 fully saturated rings. The lowest BCUT2D eigenvalue weighted by Crippen LogP contribution is -2.25. The molecule has 0 N–H and O–H groups in total. The molecule has 136 valence electrons. The molecule has 2 heterocycles. The zero-order chi connectivity index (χ0) is 17.2. The first-order chi connectivity index (χ1) is 11.8. The van der Waals surface area contributed by atoms with Crippen LogP contribution in [0.5, 0.6) is 0 Å². The first kappa shape index (κ1) is 19.4. The van der Waals surface area contributed by atoms with E-state index >= 15 is 0 Å². The summed E-state index contributed by atoms with van der Waals surface area (Å²) in [5, 5.41) is 0. The Balaban J connectivity index is 0.000000368. The first-order valence-electron chi connectivity index (χ1n) is 9.31. The second-order valence-electron chi connectivity index (χ2n) is 6.17. The van der Waals surface area contributed by atoms with Crippen LogP contribution in [0.15, 0.2) is 30.3 Å². The molecular weight excluding hydrogens is 304 g/mol. The number of hydrogen-bond acceptors (Lipinski definition) is 4. The van der Waals surface area contributed by atoms with Gasteiger partial charge in [0.05, 0.1) is 19.3 Å². The van der Waals surface area contributed by atoms with Crippen molar-refractivity contribution in [2.45, 2.75) is 64.4 Å². The van der Waals surface area contributed by atoms with Crippen molar-refractivity contribution in [3.63, 3.8) is 0 Å². The maximum absolute atomic E-state index is 6.34. The van der Waals surface area contributed by atoms with E-state index in [4.69, 9.17) is 18.9 Å². The Morgan fingerprint density at radius 1 is 1.00 bits per heavy atom. The minimum absolute atomic E-state index is 0.0623. The van der Waals surface area contributed by atoms with Gasteiger partial charge in [-0.05, 0) is 25.8 Å². The van der Waals surface area contributed by atoms with Gasteiger partial charge in [0, 0.05) is 13.2 Å². The van der Waals surface area contributed by atoms with Crippen LogP contribution in [-0.2, 0) is 18.9 Å². The summed E-state index contributed by atoms with van der Waals surface area (Å²) in [5.74, 6) is 0. The average molecular weight is 336 g/mol. The van der Waals surface area contributed by atoms with E-state index in [0.717, 1.165) is 32.8 Å². The Bertz CT molecular complexity index is 427. The number of hydrogen-bond donors (Lipinski definition) is 0. The molecule has 0 radical (unpaired) electrons. The molecule has 24 heavy (non-hydrogen) atoms. The molecule has 1 aromatic carbocycles. The van der Waals surface area contributed by atoms with Crippen molar-refractivity contribution < 1.29 is 18.9 Å². The average Bonchev–Trinajstić information content (AvgIpc) is 3.50. The molecule has 1 aromatic rings. The normalized spacial score (nSPS) is 23.8. The topological polar surface area (TPSA) is 43.5 Å². The fraction of sp³-hybridized carbons (Fsp3) is 0.700. The van der Waals surface area contributed by atoms with Crippen molar-refractivity contribution in [2.75, 3.05) is 26.4 Å². The lowest BCUT2D eigenvalue weighted by molar-refractivity contribution is -0.0443. The molecule has 4 atom stereocenters. The molecule has 0 bridgehead atoms. The van der Waals surface area contributed by atoms with Gasteiger partial charge >= 0.3 is 0 Å². The number of unbranched alkanes of at least 4 members (excludes halogenated alkanes) is 1. The van der Waals surface area contributed by atoms with Gasteiger partial charge in [0.25, 0.3) is 0 Å². The van der Waals surface area contributed by atoms with E-state index in [1.165, 1.54) is 18.4 Å². The van der Waals surface area contributed by atoms with Crippen LogP contribution in [0.4, 0.5) is 0 Å². The van der Waals surface area contributed by atoms with Crippen LogP contribution in [-0.4, -0.2) is 44.7 Å². The highest BCUT2D eigenvalue weighted by Gasteiger charge is 2.40. The minimum Gasteiger partial charge on any atom is -0.382 e. The standard InChI is InChI=1S/C16H22O3.C4H10O/c1-2-3-9-13(14-10-17-14)19-16(15-11-18-15)12-7-5-4-6-8-12;1-3-5-4-2/h4-8,13-16H,2-3,9-11H2,1H3;3-4H2,1-2H3. The third-order valence-corrected chi connectivity index (χ3v) is 4.17. The summed E-state index contributed by atoms with van der Waals surface area (Å²) in [7, 11) is 0. The van der Waals surface area contributed by atoms with Crippen LogP contribution in [0.3, 0.4) is 0 Å². The van der Waals surface area contributed by atoms with E-state index in [2.05, 4.69) is 31.2 Å². The molecule has 0 saturated carbocycles. The van der Waals surface area contributed by atoms with Gasteiger partial charge in [-0.1, -0.05) is 50.1 Å². The Labute approximate surface area is 146 Å². The number of rotatable bonds is 10. The van der Waals surface area contributed by atoms with Gasteiger partial charge in [-0.25, -0.2) is 0 Å². The zero-order valence-corrected chi connectivity index (χ0v) is 15.3. The Morgan fingerprint density at radius 3 is 2.08 bits per heavy atom. The zero-order valence-electron chi connectivity index (χ0n) is 15.3. The van der Waals surface area contributed by atoms with E-state index in [1.807, 2.05) is 19.9 Å². The maximum Gasteiger partial charge on any atom is 0.111 e. The van der Waals surface area contributed by atoms with E-state index in [1.54, 1.807) is 0 Å². The van der Waals surface area contributed by atoms with Crippen LogP contribution in [0.25, 0.3) is 0 Å².